The lowest BCUT2D eigenvalue weighted by molar-refractivity contribution is -0.152. The number of carbonyl (C=O) groups is 2. The van der Waals surface area contributed by atoms with Crippen LogP contribution in [0.5, 0.6) is 0 Å². The molecule has 1 fully saturated rings. The first-order valence-corrected chi connectivity index (χ1v) is 7.30. The lowest BCUT2D eigenvalue weighted by atomic mass is 9.89. The number of hydrogen-bond donors (Lipinski definition) is 2. The first-order chi connectivity index (χ1) is 10.1. The number of para-hydroxylation sites is 1. The molecule has 108 valence electrons. The molecular weight excluding hydrogens is 266 g/mol. The van der Waals surface area contributed by atoms with Crippen molar-refractivity contribution >= 4 is 22.7 Å². The van der Waals surface area contributed by atoms with E-state index < -0.39 is 12.1 Å². The molecule has 2 aliphatic rings. The van der Waals surface area contributed by atoms with Crippen LogP contribution in [0.3, 0.4) is 0 Å². The lowest BCUT2D eigenvalue weighted by Crippen LogP contribution is -2.64. The molecule has 4 rings (SSSR count). The second-order valence-corrected chi connectivity index (χ2v) is 5.93. The zero-order chi connectivity index (χ0) is 14.7. The van der Waals surface area contributed by atoms with Gasteiger partial charge in [-0.1, -0.05) is 18.2 Å². The zero-order valence-corrected chi connectivity index (χ0v) is 12.0. The maximum atomic E-state index is 12.4. The molecular formula is C16H17N3O2. The third kappa shape index (κ3) is 1.57. The van der Waals surface area contributed by atoms with Gasteiger partial charge in [0.1, 0.15) is 12.1 Å². The predicted molar refractivity (Wildman–Crippen MR) is 78.7 cm³/mol. The van der Waals surface area contributed by atoms with Crippen LogP contribution in [0.1, 0.15) is 31.1 Å². The molecule has 0 aliphatic carbocycles. The molecule has 0 bridgehead atoms. The fourth-order valence-electron chi connectivity index (χ4n) is 3.66. The Kier molecular flexibility index (Phi) is 2.43. The fraction of sp³-hybridized carbons (Fsp3) is 0.375. The number of hydrogen-bond acceptors (Lipinski definition) is 2. The summed E-state index contributed by atoms with van der Waals surface area (Å²) in [7, 11) is 0. The zero-order valence-electron chi connectivity index (χ0n) is 12.0. The largest absolute Gasteiger partial charge is 0.356 e. The van der Waals surface area contributed by atoms with Crippen LogP contribution in [-0.4, -0.2) is 33.8 Å². The van der Waals surface area contributed by atoms with Crippen molar-refractivity contribution in [2.24, 2.45) is 0 Å². The molecule has 1 aromatic heterocycles. The molecule has 1 aromatic carbocycles. The average molecular weight is 283 g/mol. The number of fused-ring (bicyclic) bond motifs is 4. The monoisotopic (exact) mass is 283 g/mol. The minimum atomic E-state index is -0.442. The van der Waals surface area contributed by atoms with Gasteiger partial charge in [0, 0.05) is 23.0 Å². The number of piperazine rings is 1. The maximum absolute atomic E-state index is 12.4. The SMILES string of the molecule is C[C@@H]1NC(=O)[C@@H]2Cc3c([nH]c4ccccc34)[C@@H](C)N2C1=O. The molecule has 1 saturated heterocycles. The molecule has 5 nitrogen and oxygen atoms in total. The van der Waals surface area contributed by atoms with E-state index in [1.54, 1.807) is 11.8 Å². The first kappa shape index (κ1) is 12.4. The summed E-state index contributed by atoms with van der Waals surface area (Å²) in [5.41, 5.74) is 3.29. The van der Waals surface area contributed by atoms with E-state index in [0.29, 0.717) is 6.42 Å². The van der Waals surface area contributed by atoms with Gasteiger partial charge in [0.05, 0.1) is 6.04 Å². The van der Waals surface area contributed by atoms with Crippen LogP contribution in [0.15, 0.2) is 24.3 Å². The number of carbonyl (C=O) groups excluding carboxylic acids is 2. The van der Waals surface area contributed by atoms with Gasteiger partial charge in [-0.25, -0.2) is 0 Å². The van der Waals surface area contributed by atoms with E-state index in [1.165, 1.54) is 0 Å². The second-order valence-electron chi connectivity index (χ2n) is 5.93. The first-order valence-electron chi connectivity index (χ1n) is 7.30. The Hall–Kier alpha value is -2.30. The van der Waals surface area contributed by atoms with Gasteiger partial charge >= 0.3 is 0 Å². The van der Waals surface area contributed by atoms with Crippen LogP contribution in [0.25, 0.3) is 10.9 Å². The Bertz CT molecular complexity index is 764. The van der Waals surface area contributed by atoms with E-state index in [0.717, 1.165) is 22.2 Å². The molecule has 2 aliphatic heterocycles. The minimum absolute atomic E-state index is 0.00333. The van der Waals surface area contributed by atoms with Crippen molar-refractivity contribution in [3.05, 3.63) is 35.5 Å². The standard InChI is InChI=1S/C16H17N3O2/c1-8-16(21)19-9(2)14-11(7-13(19)15(20)17-8)10-5-3-4-6-12(10)18-14/h3-6,8-9,13,18H,7H2,1-2H3,(H,17,20)/t8-,9+,13-/m0/s1. The van der Waals surface area contributed by atoms with Crippen LogP contribution in [0.4, 0.5) is 0 Å². The lowest BCUT2D eigenvalue weighted by Gasteiger charge is -2.44. The molecule has 0 unspecified atom stereocenters. The number of H-pyrrole nitrogens is 1. The minimum Gasteiger partial charge on any atom is -0.356 e. The number of benzene rings is 1. The fourth-order valence-corrected chi connectivity index (χ4v) is 3.66. The molecule has 3 heterocycles. The van der Waals surface area contributed by atoms with Gasteiger partial charge in [-0.15, -0.1) is 0 Å². The number of amides is 2. The molecule has 0 saturated carbocycles. The van der Waals surface area contributed by atoms with Crippen molar-refractivity contribution in [1.29, 1.82) is 0 Å². The predicted octanol–water partition coefficient (Wildman–Crippen LogP) is 1.50. The summed E-state index contributed by atoms with van der Waals surface area (Å²) in [6.07, 6.45) is 0.577. The van der Waals surface area contributed by atoms with E-state index in [2.05, 4.69) is 16.4 Å². The van der Waals surface area contributed by atoms with Crippen LogP contribution in [-0.2, 0) is 16.0 Å². The molecule has 21 heavy (non-hydrogen) atoms. The summed E-state index contributed by atoms with van der Waals surface area (Å²) in [4.78, 5) is 29.9. The molecule has 0 radical (unpaired) electrons. The summed E-state index contributed by atoms with van der Waals surface area (Å²) < 4.78 is 0. The summed E-state index contributed by atoms with van der Waals surface area (Å²) in [5, 5.41) is 3.93. The van der Waals surface area contributed by atoms with Gasteiger partial charge in [-0.3, -0.25) is 9.59 Å². The van der Waals surface area contributed by atoms with Crippen molar-refractivity contribution in [3.63, 3.8) is 0 Å². The van der Waals surface area contributed by atoms with Gasteiger partial charge in [-0.05, 0) is 25.5 Å². The summed E-state index contributed by atoms with van der Waals surface area (Å²) >= 11 is 0. The summed E-state index contributed by atoms with van der Waals surface area (Å²) in [5.74, 6) is -0.0544. The Morgan fingerprint density at radius 2 is 1.95 bits per heavy atom. The quantitative estimate of drug-likeness (QED) is 0.769. The molecule has 2 amide bonds. The highest BCUT2D eigenvalue weighted by Gasteiger charge is 2.45. The number of aromatic nitrogens is 1. The maximum Gasteiger partial charge on any atom is 0.246 e. The molecule has 5 heteroatoms. The molecule has 2 aromatic rings. The Morgan fingerprint density at radius 1 is 1.19 bits per heavy atom. The van der Waals surface area contributed by atoms with Crippen LogP contribution in [0, 0.1) is 0 Å². The van der Waals surface area contributed by atoms with Gasteiger partial charge in [0.2, 0.25) is 11.8 Å². The van der Waals surface area contributed by atoms with Gasteiger partial charge in [0.15, 0.2) is 0 Å². The summed E-state index contributed by atoms with van der Waals surface area (Å²) in [6.45, 7) is 3.73. The average Bonchev–Trinajstić information content (AvgIpc) is 2.84. The van der Waals surface area contributed by atoms with Crippen LogP contribution >= 0.6 is 0 Å². The van der Waals surface area contributed by atoms with Gasteiger partial charge < -0.3 is 15.2 Å². The van der Waals surface area contributed by atoms with E-state index in [1.807, 2.05) is 25.1 Å². The van der Waals surface area contributed by atoms with Crippen LogP contribution < -0.4 is 5.32 Å². The van der Waals surface area contributed by atoms with Crippen molar-refractivity contribution in [1.82, 2.24) is 15.2 Å². The highest BCUT2D eigenvalue weighted by Crippen LogP contribution is 2.38. The Labute approximate surface area is 122 Å². The van der Waals surface area contributed by atoms with E-state index in [9.17, 15) is 9.59 Å². The van der Waals surface area contributed by atoms with E-state index in [4.69, 9.17) is 0 Å². The number of nitrogens with zero attached hydrogens (tertiary/aromatic N) is 1. The number of aromatic amines is 1. The van der Waals surface area contributed by atoms with E-state index in [-0.39, 0.29) is 17.9 Å². The van der Waals surface area contributed by atoms with Crippen molar-refractivity contribution < 1.29 is 9.59 Å². The molecule has 3 atom stereocenters. The highest BCUT2D eigenvalue weighted by atomic mass is 16.2. The summed E-state index contributed by atoms with van der Waals surface area (Å²) in [6, 6.07) is 7.15. The normalized spacial score (nSPS) is 28.3. The van der Waals surface area contributed by atoms with Crippen molar-refractivity contribution in [2.45, 2.75) is 38.4 Å². The van der Waals surface area contributed by atoms with Gasteiger partial charge in [0.25, 0.3) is 0 Å². The second kappa shape index (κ2) is 4.10. The van der Waals surface area contributed by atoms with Crippen molar-refractivity contribution in [2.75, 3.05) is 0 Å². The third-order valence-electron chi connectivity index (χ3n) is 4.70. The van der Waals surface area contributed by atoms with Gasteiger partial charge in [-0.2, -0.15) is 0 Å². The molecule has 0 spiro atoms. The highest BCUT2D eigenvalue weighted by molar-refractivity contribution is 5.98. The number of nitrogens with one attached hydrogen (secondary N) is 2. The van der Waals surface area contributed by atoms with Crippen LogP contribution in [0.2, 0.25) is 0 Å². The smallest absolute Gasteiger partial charge is 0.246 e. The number of rotatable bonds is 0. The van der Waals surface area contributed by atoms with E-state index >= 15 is 0 Å². The van der Waals surface area contributed by atoms with Crippen molar-refractivity contribution in [3.8, 4) is 0 Å². The molecule has 2 N–H and O–H groups in total. The Morgan fingerprint density at radius 3 is 2.76 bits per heavy atom. The topological polar surface area (TPSA) is 65.2 Å². The third-order valence-corrected chi connectivity index (χ3v) is 4.70. The Balaban J connectivity index is 1.90.